The summed E-state index contributed by atoms with van der Waals surface area (Å²) in [7, 11) is 0. The van der Waals surface area contributed by atoms with Crippen LogP contribution in [0.5, 0.6) is 5.75 Å². The SMILES string of the molecule is Cc1cc(NCCN(Cc2ccccc2)c2c(C(C)C)cccc2C(C)C)c(O)c(C23CC4CC(CC(C4)C2)C3)c1. The van der Waals surface area contributed by atoms with E-state index in [1.54, 1.807) is 0 Å². The number of phenols is 1. The fraction of sp³-hybridized carbons (Fsp3) is 0.526. The molecular weight excluding hydrogens is 500 g/mol. The Hall–Kier alpha value is -2.94. The van der Waals surface area contributed by atoms with Gasteiger partial charge in [-0.25, -0.2) is 0 Å². The van der Waals surface area contributed by atoms with Gasteiger partial charge in [-0.1, -0.05) is 82.3 Å². The molecule has 0 saturated heterocycles. The summed E-state index contributed by atoms with van der Waals surface area (Å²) in [5, 5.41) is 15.5. The van der Waals surface area contributed by atoms with Crippen molar-refractivity contribution in [2.75, 3.05) is 23.3 Å². The van der Waals surface area contributed by atoms with Crippen LogP contribution in [-0.2, 0) is 12.0 Å². The Morgan fingerprint density at radius 1 is 0.829 bits per heavy atom. The van der Waals surface area contributed by atoms with Crippen LogP contribution in [0, 0.1) is 24.7 Å². The van der Waals surface area contributed by atoms with Crippen molar-refractivity contribution in [3.63, 3.8) is 0 Å². The first kappa shape index (κ1) is 28.2. The fourth-order valence-corrected chi connectivity index (χ4v) is 9.03. The topological polar surface area (TPSA) is 35.5 Å². The third-order valence-electron chi connectivity index (χ3n) is 10.4. The molecule has 3 aromatic carbocycles. The van der Waals surface area contributed by atoms with Crippen LogP contribution in [0.25, 0.3) is 0 Å². The molecule has 3 heteroatoms. The van der Waals surface area contributed by atoms with Gasteiger partial charge >= 0.3 is 0 Å². The third kappa shape index (κ3) is 5.62. The number of nitrogens with zero attached hydrogens (tertiary/aromatic N) is 1. The number of aryl methyl sites for hydroxylation is 1. The van der Waals surface area contributed by atoms with Crippen molar-refractivity contribution in [2.45, 2.75) is 96.9 Å². The maximum absolute atomic E-state index is 11.7. The lowest BCUT2D eigenvalue weighted by molar-refractivity contribution is -0.00612. The number of benzene rings is 3. The van der Waals surface area contributed by atoms with E-state index in [0.29, 0.717) is 17.6 Å². The Morgan fingerprint density at radius 3 is 1.98 bits per heavy atom. The lowest BCUT2D eigenvalue weighted by Gasteiger charge is -2.57. The van der Waals surface area contributed by atoms with Gasteiger partial charge in [-0.15, -0.1) is 0 Å². The predicted octanol–water partition coefficient (Wildman–Crippen LogP) is 9.53. The molecule has 3 nitrogen and oxygen atoms in total. The highest BCUT2D eigenvalue weighted by Gasteiger charge is 2.52. The maximum Gasteiger partial charge on any atom is 0.142 e. The highest BCUT2D eigenvalue weighted by Crippen LogP contribution is 2.62. The minimum absolute atomic E-state index is 0.184. The summed E-state index contributed by atoms with van der Waals surface area (Å²) in [6.45, 7) is 13.9. The molecule has 0 aliphatic heterocycles. The van der Waals surface area contributed by atoms with Crippen LogP contribution in [0.1, 0.15) is 106 Å². The average Bonchev–Trinajstić information content (AvgIpc) is 2.93. The van der Waals surface area contributed by atoms with E-state index in [1.807, 2.05) is 0 Å². The van der Waals surface area contributed by atoms with Crippen molar-refractivity contribution in [3.05, 3.63) is 88.5 Å². The molecule has 0 unspecified atom stereocenters. The lowest BCUT2D eigenvalue weighted by atomic mass is 9.48. The number of hydrogen-bond donors (Lipinski definition) is 2. The van der Waals surface area contributed by atoms with E-state index in [1.165, 1.54) is 72.0 Å². The smallest absolute Gasteiger partial charge is 0.142 e. The van der Waals surface area contributed by atoms with E-state index >= 15 is 0 Å². The van der Waals surface area contributed by atoms with Gasteiger partial charge < -0.3 is 15.3 Å². The predicted molar refractivity (Wildman–Crippen MR) is 173 cm³/mol. The molecule has 0 heterocycles. The van der Waals surface area contributed by atoms with E-state index < -0.39 is 0 Å². The molecule has 0 atom stereocenters. The Bertz CT molecular complexity index is 1300. The van der Waals surface area contributed by atoms with E-state index in [-0.39, 0.29) is 5.41 Å². The molecule has 218 valence electrons. The van der Waals surface area contributed by atoms with E-state index in [2.05, 4.69) is 105 Å². The molecule has 0 spiro atoms. The van der Waals surface area contributed by atoms with Crippen LogP contribution >= 0.6 is 0 Å². The molecule has 4 fully saturated rings. The number of rotatable bonds is 10. The fourth-order valence-electron chi connectivity index (χ4n) is 9.03. The monoisotopic (exact) mass is 550 g/mol. The van der Waals surface area contributed by atoms with Gasteiger partial charge in [-0.3, -0.25) is 0 Å². The van der Waals surface area contributed by atoms with E-state index in [4.69, 9.17) is 0 Å². The Balaban J connectivity index is 1.28. The summed E-state index contributed by atoms with van der Waals surface area (Å²) in [6, 6.07) is 22.1. The molecule has 4 aliphatic rings. The van der Waals surface area contributed by atoms with Gasteiger partial charge in [-0.2, -0.15) is 0 Å². The zero-order valence-electron chi connectivity index (χ0n) is 25.9. The molecule has 4 saturated carbocycles. The van der Waals surface area contributed by atoms with Gasteiger partial charge in [0.1, 0.15) is 5.75 Å². The first-order chi connectivity index (χ1) is 19.7. The van der Waals surface area contributed by atoms with Crippen LogP contribution in [0.3, 0.4) is 0 Å². The summed E-state index contributed by atoms with van der Waals surface area (Å²) < 4.78 is 0. The average molecular weight is 551 g/mol. The molecule has 4 bridgehead atoms. The second-order valence-corrected chi connectivity index (χ2v) is 14.3. The molecular formula is C38H50N2O. The Kier molecular flexibility index (Phi) is 7.83. The first-order valence-corrected chi connectivity index (χ1v) is 16.2. The van der Waals surface area contributed by atoms with Crippen molar-refractivity contribution in [2.24, 2.45) is 17.8 Å². The molecule has 0 aromatic heterocycles. The van der Waals surface area contributed by atoms with E-state index in [0.717, 1.165) is 43.1 Å². The van der Waals surface area contributed by atoms with Crippen LogP contribution in [0.2, 0.25) is 0 Å². The summed E-state index contributed by atoms with van der Waals surface area (Å²) in [6.07, 6.45) is 8.07. The number of hydrogen-bond acceptors (Lipinski definition) is 3. The molecule has 0 radical (unpaired) electrons. The number of nitrogens with one attached hydrogen (secondary N) is 1. The quantitative estimate of drug-likeness (QED) is 0.247. The maximum atomic E-state index is 11.7. The molecule has 2 N–H and O–H groups in total. The second-order valence-electron chi connectivity index (χ2n) is 14.3. The number of phenolic OH excluding ortho intramolecular Hbond substituents is 1. The van der Waals surface area contributed by atoms with Crippen molar-refractivity contribution in [3.8, 4) is 5.75 Å². The van der Waals surface area contributed by atoms with Gasteiger partial charge in [0.05, 0.1) is 5.69 Å². The van der Waals surface area contributed by atoms with E-state index in [9.17, 15) is 5.11 Å². The Morgan fingerprint density at radius 2 is 1.41 bits per heavy atom. The Labute approximate surface area is 248 Å². The summed E-state index contributed by atoms with van der Waals surface area (Å²) in [4.78, 5) is 2.57. The minimum Gasteiger partial charge on any atom is -0.505 e. The minimum atomic E-state index is 0.184. The van der Waals surface area contributed by atoms with Crippen molar-refractivity contribution in [1.82, 2.24) is 0 Å². The highest BCUT2D eigenvalue weighted by molar-refractivity contribution is 5.65. The largest absolute Gasteiger partial charge is 0.505 e. The molecule has 0 amide bonds. The first-order valence-electron chi connectivity index (χ1n) is 16.2. The van der Waals surface area contributed by atoms with Crippen LogP contribution in [0.4, 0.5) is 11.4 Å². The van der Waals surface area contributed by atoms with Crippen molar-refractivity contribution in [1.29, 1.82) is 0 Å². The van der Waals surface area contributed by atoms with Gasteiger partial charge in [0, 0.05) is 30.9 Å². The third-order valence-corrected chi connectivity index (χ3v) is 10.4. The van der Waals surface area contributed by atoms with Crippen molar-refractivity contribution < 1.29 is 5.11 Å². The van der Waals surface area contributed by atoms with Crippen LogP contribution in [0.15, 0.2) is 60.7 Å². The highest BCUT2D eigenvalue weighted by atomic mass is 16.3. The number of para-hydroxylation sites is 1. The van der Waals surface area contributed by atoms with Crippen LogP contribution in [-0.4, -0.2) is 18.2 Å². The summed E-state index contributed by atoms with van der Waals surface area (Å²) >= 11 is 0. The number of aromatic hydroxyl groups is 1. The van der Waals surface area contributed by atoms with Gasteiger partial charge in [0.15, 0.2) is 0 Å². The normalized spacial score (nSPS) is 24.8. The summed E-state index contributed by atoms with van der Waals surface area (Å²) in [5.41, 5.74) is 9.11. The summed E-state index contributed by atoms with van der Waals surface area (Å²) in [5.74, 6) is 3.98. The number of anilines is 2. The van der Waals surface area contributed by atoms with Gasteiger partial charge in [0.25, 0.3) is 0 Å². The molecule has 4 aliphatic carbocycles. The van der Waals surface area contributed by atoms with Crippen LogP contribution < -0.4 is 10.2 Å². The second kappa shape index (κ2) is 11.4. The van der Waals surface area contributed by atoms with Gasteiger partial charge in [0.2, 0.25) is 0 Å². The molecule has 3 aromatic rings. The van der Waals surface area contributed by atoms with Gasteiger partial charge in [-0.05, 0) is 109 Å². The lowest BCUT2D eigenvalue weighted by Crippen LogP contribution is -2.48. The molecule has 41 heavy (non-hydrogen) atoms. The zero-order chi connectivity index (χ0) is 28.7. The zero-order valence-corrected chi connectivity index (χ0v) is 25.9. The molecule has 7 rings (SSSR count). The van der Waals surface area contributed by atoms with Crippen molar-refractivity contribution >= 4 is 11.4 Å². The standard InChI is InChI=1S/C38H50N2O/c1-25(2)32-12-9-13-33(26(3)4)36(32)40(24-28-10-7-6-8-11-28)15-14-39-35-17-27(5)16-34(37(35)41)38-21-29-18-30(22-38)20-31(19-29)23-38/h6-13,16-17,25-26,29-31,39,41H,14-15,18-24H2,1-5H3.